The van der Waals surface area contributed by atoms with Crippen LogP contribution in [-0.4, -0.2) is 45.6 Å². The largest absolute Gasteiger partial charge is 0.330 e. The van der Waals surface area contributed by atoms with Crippen molar-refractivity contribution in [3.8, 4) is 0 Å². The Kier molecular flexibility index (Phi) is 6.12. The van der Waals surface area contributed by atoms with E-state index < -0.39 is 14.9 Å². The number of fused-ring (bicyclic) bond motifs is 1. The molecule has 0 bridgehead atoms. The van der Waals surface area contributed by atoms with E-state index in [-0.39, 0.29) is 23.0 Å². The van der Waals surface area contributed by atoms with Crippen LogP contribution in [0.3, 0.4) is 0 Å². The first kappa shape index (κ1) is 21.8. The molecule has 0 amide bonds. The molecule has 2 aromatic heterocycles. The molecule has 0 spiro atoms. The number of nitrogens with zero attached hydrogens (tertiary/aromatic N) is 5. The van der Waals surface area contributed by atoms with E-state index in [9.17, 15) is 18.5 Å². The number of non-ortho nitro benzene ring substituents is 1. The number of hydrazine groups is 1. The average Bonchev–Trinajstić information content (AvgIpc) is 3.03. The van der Waals surface area contributed by atoms with Crippen LogP contribution in [0.15, 0.2) is 52.1 Å². The van der Waals surface area contributed by atoms with Crippen LogP contribution in [0, 0.1) is 17.0 Å². The summed E-state index contributed by atoms with van der Waals surface area (Å²) in [5.41, 5.74) is 0.697. The summed E-state index contributed by atoms with van der Waals surface area (Å²) in [6, 6.07) is 7.28. The second kappa shape index (κ2) is 7.86. The Bertz CT molecular complexity index is 1190. The predicted octanol–water partition coefficient (Wildman–Crippen LogP) is 3.32. The molecule has 0 aliphatic carbocycles. The van der Waals surface area contributed by atoms with E-state index in [2.05, 4.69) is 27.6 Å². The van der Waals surface area contributed by atoms with Gasteiger partial charge >= 0.3 is 5.82 Å². The summed E-state index contributed by atoms with van der Waals surface area (Å²) in [6.07, 6.45) is 3.22. The van der Waals surface area contributed by atoms with E-state index in [1.807, 2.05) is 6.07 Å². The van der Waals surface area contributed by atoms with Gasteiger partial charge in [-0.2, -0.15) is 12.8 Å². The summed E-state index contributed by atoms with van der Waals surface area (Å²) in [5, 5.41) is 11.0. The summed E-state index contributed by atoms with van der Waals surface area (Å²) in [6.45, 7) is 5.38. The van der Waals surface area contributed by atoms with Crippen molar-refractivity contribution in [2.45, 2.75) is 11.8 Å². The van der Waals surface area contributed by atoms with Gasteiger partial charge in [0.1, 0.15) is 17.3 Å². The molecule has 1 aromatic carbocycles. The van der Waals surface area contributed by atoms with Crippen LogP contribution >= 0.6 is 28.3 Å². The molecule has 3 aromatic rings. The molecule has 2 heterocycles. The zero-order valence-corrected chi connectivity index (χ0v) is 18.0. The number of nitro groups is 1. The maximum absolute atomic E-state index is 13.1. The lowest BCUT2D eigenvalue weighted by molar-refractivity contribution is -0.575. The van der Waals surface area contributed by atoms with Gasteiger partial charge < -0.3 is 0 Å². The van der Waals surface area contributed by atoms with Crippen LogP contribution in [-0.2, 0) is 10.0 Å². The minimum absolute atomic E-state index is 0. The Morgan fingerprint density at radius 2 is 1.96 bits per heavy atom. The van der Waals surface area contributed by atoms with Crippen molar-refractivity contribution in [1.29, 1.82) is 0 Å². The maximum Gasteiger partial charge on any atom is 0.330 e. The normalized spacial score (nSPS) is 11.1. The van der Waals surface area contributed by atoms with E-state index in [1.165, 1.54) is 30.1 Å². The van der Waals surface area contributed by atoms with Gasteiger partial charge in [-0.1, -0.05) is 6.07 Å². The highest BCUT2D eigenvalue weighted by atomic mass is 79.9. The number of hydrogen-bond acceptors (Lipinski definition) is 5. The molecule has 148 valence electrons. The molecule has 0 fully saturated rings. The zero-order chi connectivity index (χ0) is 19.9. The van der Waals surface area contributed by atoms with E-state index in [4.69, 9.17) is 0 Å². The number of hydrogen-bond donors (Lipinski definition) is 0. The van der Waals surface area contributed by atoms with E-state index in [0.29, 0.717) is 17.0 Å². The molecule has 0 aliphatic heterocycles. The zero-order valence-electron chi connectivity index (χ0n) is 14.8. The first-order valence-corrected chi connectivity index (χ1v) is 9.83. The molecule has 3 rings (SSSR count). The van der Waals surface area contributed by atoms with Crippen molar-refractivity contribution in [3.05, 3.63) is 62.9 Å². The minimum Gasteiger partial charge on any atom is -0.258 e. The Hall–Kier alpha value is -2.50. The lowest BCUT2D eigenvalue weighted by atomic mass is 10.2. The van der Waals surface area contributed by atoms with Gasteiger partial charge in [-0.05, 0) is 34.5 Å². The number of nitro benzene ring substituents is 1. The maximum atomic E-state index is 13.1. The number of rotatable bonds is 5. The number of sulfonamides is 1. The van der Waals surface area contributed by atoms with Crippen molar-refractivity contribution in [2.75, 3.05) is 7.05 Å². The van der Waals surface area contributed by atoms with Gasteiger partial charge in [0.15, 0.2) is 0 Å². The number of halogens is 2. The molecule has 9 nitrogen and oxygen atoms in total. The quantitative estimate of drug-likeness (QED) is 0.237. The number of benzene rings is 1. The summed E-state index contributed by atoms with van der Waals surface area (Å²) in [7, 11) is -2.77. The Balaban J connectivity index is 0.00000280. The Morgan fingerprint density at radius 3 is 2.61 bits per heavy atom. The third kappa shape index (κ3) is 3.73. The standard InChI is InChI=1S/C16H15BrN5O4S.ClH/c1-11-4-6-13(22(23)24)8-14(11)27(25,26)20(3)19(2)16-9-18-15-7-5-12(17)10-21(15)16;/h4-10H,2H2,1,3H3;1H/q+1;. The van der Waals surface area contributed by atoms with Gasteiger partial charge in [-0.25, -0.2) is 4.98 Å². The number of imidazole rings is 1. The van der Waals surface area contributed by atoms with Crippen molar-refractivity contribution < 1.29 is 18.0 Å². The molecular formula is C16H16BrClN5O4S+. The van der Waals surface area contributed by atoms with Crippen LogP contribution in [0.2, 0.25) is 0 Å². The lowest BCUT2D eigenvalue weighted by Gasteiger charge is -2.18. The van der Waals surface area contributed by atoms with Gasteiger partial charge in [-0.15, -0.1) is 21.5 Å². The first-order chi connectivity index (χ1) is 12.6. The molecule has 0 atom stereocenters. The molecule has 0 N–H and O–H groups in total. The summed E-state index contributed by atoms with van der Waals surface area (Å²) < 4.78 is 30.6. The first-order valence-electron chi connectivity index (χ1n) is 7.60. The van der Waals surface area contributed by atoms with Gasteiger partial charge in [0.2, 0.25) is 5.65 Å². The number of pyridine rings is 1. The second-order valence-electron chi connectivity index (χ2n) is 5.74. The second-order valence-corrected chi connectivity index (χ2v) is 8.57. The monoisotopic (exact) mass is 488 g/mol. The third-order valence-electron chi connectivity index (χ3n) is 4.06. The summed E-state index contributed by atoms with van der Waals surface area (Å²) >= 11 is 3.36. The SMILES string of the molecule is C=[N+](c1cnc2ccc(Br)cn12)N(C)S(=O)(=O)c1cc([N+](=O)[O-])ccc1C.Cl. The molecule has 0 saturated heterocycles. The van der Waals surface area contributed by atoms with Crippen molar-refractivity contribution in [2.24, 2.45) is 0 Å². The molecule has 0 radical (unpaired) electrons. The summed E-state index contributed by atoms with van der Waals surface area (Å²) in [4.78, 5) is 14.4. The molecule has 0 aliphatic rings. The molecule has 28 heavy (non-hydrogen) atoms. The summed E-state index contributed by atoms with van der Waals surface area (Å²) in [5.74, 6) is 0.403. The van der Waals surface area contributed by atoms with Crippen molar-refractivity contribution in [3.63, 3.8) is 0 Å². The smallest absolute Gasteiger partial charge is 0.258 e. The fourth-order valence-electron chi connectivity index (χ4n) is 2.53. The van der Waals surface area contributed by atoms with Gasteiger partial charge in [-0.3, -0.25) is 10.1 Å². The van der Waals surface area contributed by atoms with Crippen LogP contribution in [0.4, 0.5) is 11.5 Å². The molecule has 0 unspecified atom stereocenters. The number of hydrazone groups is 1. The topological polar surface area (TPSA) is 101 Å². The van der Waals surface area contributed by atoms with Gasteiger partial charge in [0.05, 0.1) is 23.2 Å². The van der Waals surface area contributed by atoms with Crippen LogP contribution in [0.5, 0.6) is 0 Å². The van der Waals surface area contributed by atoms with Gasteiger partial charge in [0.25, 0.3) is 15.7 Å². The third-order valence-corrected chi connectivity index (χ3v) is 6.42. The van der Waals surface area contributed by atoms with Crippen LogP contribution in [0.25, 0.3) is 5.65 Å². The lowest BCUT2D eigenvalue weighted by Crippen LogP contribution is -2.34. The predicted molar refractivity (Wildman–Crippen MR) is 110 cm³/mol. The molecule has 0 saturated carbocycles. The van der Waals surface area contributed by atoms with Crippen molar-refractivity contribution in [1.82, 2.24) is 13.8 Å². The highest BCUT2D eigenvalue weighted by Gasteiger charge is 2.31. The van der Waals surface area contributed by atoms with E-state index >= 15 is 0 Å². The van der Waals surface area contributed by atoms with Gasteiger partial charge in [0, 0.05) is 18.2 Å². The fraction of sp³-hybridized carbons (Fsp3) is 0.125. The van der Waals surface area contributed by atoms with Crippen LogP contribution in [0.1, 0.15) is 5.56 Å². The highest BCUT2D eigenvalue weighted by Crippen LogP contribution is 2.26. The molecular weight excluding hydrogens is 474 g/mol. The van der Waals surface area contributed by atoms with Crippen LogP contribution < -0.4 is 0 Å². The number of aromatic nitrogens is 2. The Labute approximate surface area is 175 Å². The number of aryl methyl sites for hydroxylation is 1. The van der Waals surface area contributed by atoms with Crippen molar-refractivity contribution >= 4 is 62.2 Å². The van der Waals surface area contributed by atoms with E-state index in [0.717, 1.165) is 15.0 Å². The molecule has 12 heteroatoms. The minimum atomic E-state index is -4.09. The van der Waals surface area contributed by atoms with E-state index in [1.54, 1.807) is 23.6 Å². The average molecular weight is 490 g/mol. The fourth-order valence-corrected chi connectivity index (χ4v) is 4.24. The Morgan fingerprint density at radius 1 is 1.29 bits per heavy atom. The highest BCUT2D eigenvalue weighted by molar-refractivity contribution is 9.10.